The maximum absolute atomic E-state index is 13.8. The number of rotatable bonds is 5. The number of para-hydroxylation sites is 2. The third kappa shape index (κ3) is 4.27. The van der Waals surface area contributed by atoms with E-state index in [-0.39, 0.29) is 11.9 Å². The molecule has 0 bridgehead atoms. The molecule has 3 aromatic rings. The first kappa shape index (κ1) is 18.9. The Morgan fingerprint density at radius 2 is 2.00 bits per heavy atom. The van der Waals surface area contributed by atoms with E-state index in [0.717, 1.165) is 29.0 Å². The van der Waals surface area contributed by atoms with E-state index in [2.05, 4.69) is 31.2 Å². The van der Waals surface area contributed by atoms with E-state index >= 15 is 0 Å². The molecule has 1 heterocycles. The molecule has 0 radical (unpaired) electrons. The van der Waals surface area contributed by atoms with Crippen LogP contribution in [0.4, 0.5) is 4.39 Å². The number of guanidine groups is 1. The molecule has 2 N–H and O–H groups in total. The Bertz CT molecular complexity index is 960. The van der Waals surface area contributed by atoms with E-state index in [1.165, 1.54) is 0 Å². The van der Waals surface area contributed by atoms with Crippen LogP contribution in [0.2, 0.25) is 0 Å². The highest BCUT2D eigenvalue weighted by molar-refractivity contribution is 5.80. The Kier molecular flexibility index (Phi) is 5.74. The number of fused-ring (bicyclic) bond motifs is 1. The van der Waals surface area contributed by atoms with Gasteiger partial charge in [-0.05, 0) is 50.1 Å². The van der Waals surface area contributed by atoms with Crippen molar-refractivity contribution in [2.75, 3.05) is 13.6 Å². The maximum Gasteiger partial charge on any atom is 0.191 e. The number of nitrogens with zero attached hydrogens (tertiary/aromatic N) is 3. The lowest BCUT2D eigenvalue weighted by molar-refractivity contribution is 0.605. The van der Waals surface area contributed by atoms with Gasteiger partial charge in [0.1, 0.15) is 11.6 Å². The highest BCUT2D eigenvalue weighted by atomic mass is 19.1. The van der Waals surface area contributed by atoms with E-state index in [4.69, 9.17) is 0 Å². The first-order chi connectivity index (χ1) is 13.0. The van der Waals surface area contributed by atoms with Gasteiger partial charge in [0.15, 0.2) is 5.96 Å². The smallest absolute Gasteiger partial charge is 0.191 e. The van der Waals surface area contributed by atoms with Gasteiger partial charge >= 0.3 is 0 Å². The number of aryl methyl sites for hydroxylation is 2. The molecule has 0 spiro atoms. The van der Waals surface area contributed by atoms with Crippen LogP contribution in [-0.4, -0.2) is 29.1 Å². The van der Waals surface area contributed by atoms with Crippen molar-refractivity contribution in [1.29, 1.82) is 0 Å². The van der Waals surface area contributed by atoms with Crippen molar-refractivity contribution in [2.45, 2.75) is 33.4 Å². The van der Waals surface area contributed by atoms with Gasteiger partial charge in [-0.3, -0.25) is 4.99 Å². The number of benzene rings is 2. The van der Waals surface area contributed by atoms with Gasteiger partial charge in [-0.15, -0.1) is 0 Å². The molecule has 5 nitrogen and oxygen atoms in total. The summed E-state index contributed by atoms with van der Waals surface area (Å²) in [7, 11) is 1.73. The summed E-state index contributed by atoms with van der Waals surface area (Å²) in [5.74, 6) is 1.49. The number of aromatic nitrogens is 2. The molecule has 1 atom stereocenters. The lowest BCUT2D eigenvalue weighted by atomic mass is 10.1. The van der Waals surface area contributed by atoms with Crippen LogP contribution in [0.3, 0.4) is 0 Å². The monoisotopic (exact) mass is 367 g/mol. The maximum atomic E-state index is 13.8. The van der Waals surface area contributed by atoms with E-state index < -0.39 is 0 Å². The summed E-state index contributed by atoms with van der Waals surface area (Å²) < 4.78 is 16.0. The lowest BCUT2D eigenvalue weighted by Crippen LogP contribution is -2.40. The lowest BCUT2D eigenvalue weighted by Gasteiger charge is -2.19. The van der Waals surface area contributed by atoms with Crippen LogP contribution in [0.1, 0.15) is 29.9 Å². The van der Waals surface area contributed by atoms with Gasteiger partial charge in [0, 0.05) is 20.1 Å². The van der Waals surface area contributed by atoms with Gasteiger partial charge in [0.05, 0.1) is 17.1 Å². The van der Waals surface area contributed by atoms with Crippen LogP contribution in [0, 0.1) is 19.7 Å². The van der Waals surface area contributed by atoms with Crippen LogP contribution in [0.5, 0.6) is 0 Å². The molecular weight excluding hydrogens is 341 g/mol. The summed E-state index contributed by atoms with van der Waals surface area (Å²) in [6, 6.07) is 13.4. The second-order valence-corrected chi connectivity index (χ2v) is 6.67. The minimum absolute atomic E-state index is 0.0536. The Morgan fingerprint density at radius 1 is 1.22 bits per heavy atom. The van der Waals surface area contributed by atoms with Gasteiger partial charge in [-0.2, -0.15) is 0 Å². The van der Waals surface area contributed by atoms with Gasteiger partial charge < -0.3 is 15.2 Å². The van der Waals surface area contributed by atoms with Gasteiger partial charge in [0.2, 0.25) is 0 Å². The predicted octanol–water partition coefficient (Wildman–Crippen LogP) is 3.72. The minimum Gasteiger partial charge on any atom is -0.355 e. The van der Waals surface area contributed by atoms with Crippen molar-refractivity contribution in [2.24, 2.45) is 4.99 Å². The fraction of sp³-hybridized carbons (Fsp3) is 0.333. The van der Waals surface area contributed by atoms with Crippen molar-refractivity contribution in [3.05, 3.63) is 65.2 Å². The van der Waals surface area contributed by atoms with Crippen molar-refractivity contribution in [3.63, 3.8) is 0 Å². The Labute approximate surface area is 159 Å². The second-order valence-electron chi connectivity index (χ2n) is 6.67. The topological polar surface area (TPSA) is 54.2 Å². The normalized spacial score (nSPS) is 13.0. The third-order valence-corrected chi connectivity index (χ3v) is 4.75. The number of hydrogen-bond donors (Lipinski definition) is 2. The summed E-state index contributed by atoms with van der Waals surface area (Å²) in [6.07, 6.45) is 0. The van der Waals surface area contributed by atoms with Gasteiger partial charge in [-0.1, -0.05) is 24.3 Å². The summed E-state index contributed by atoms with van der Waals surface area (Å²) in [4.78, 5) is 8.86. The van der Waals surface area contributed by atoms with Crippen LogP contribution >= 0.6 is 0 Å². The largest absolute Gasteiger partial charge is 0.355 e. The zero-order valence-electron chi connectivity index (χ0n) is 16.3. The van der Waals surface area contributed by atoms with Crippen molar-refractivity contribution in [3.8, 4) is 0 Å². The fourth-order valence-corrected chi connectivity index (χ4v) is 3.13. The molecule has 0 aliphatic rings. The molecule has 1 unspecified atom stereocenters. The molecule has 142 valence electrons. The number of imidazole rings is 1. The van der Waals surface area contributed by atoms with E-state index in [1.807, 2.05) is 38.1 Å². The molecule has 6 heteroatoms. The summed E-state index contributed by atoms with van der Waals surface area (Å²) in [5, 5.41) is 6.63. The zero-order chi connectivity index (χ0) is 19.4. The minimum atomic E-state index is -0.188. The molecule has 3 rings (SSSR count). The second kappa shape index (κ2) is 8.20. The molecule has 0 aliphatic carbocycles. The molecule has 0 fully saturated rings. The Morgan fingerprint density at radius 3 is 2.74 bits per heavy atom. The number of hydrogen-bond acceptors (Lipinski definition) is 2. The van der Waals surface area contributed by atoms with Crippen molar-refractivity contribution in [1.82, 2.24) is 20.2 Å². The van der Waals surface area contributed by atoms with Gasteiger partial charge in [0.25, 0.3) is 0 Å². The molecule has 0 aliphatic heterocycles. The molecule has 0 saturated heterocycles. The molecule has 2 aromatic carbocycles. The summed E-state index contributed by atoms with van der Waals surface area (Å²) in [5.41, 5.74) is 3.67. The van der Waals surface area contributed by atoms with Crippen LogP contribution in [0.15, 0.2) is 47.5 Å². The molecule has 1 aromatic heterocycles. The summed E-state index contributed by atoms with van der Waals surface area (Å²) in [6.45, 7) is 7.25. The molecule has 0 amide bonds. The number of aliphatic imine (C=N–C) groups is 1. The molecule has 0 saturated carbocycles. The predicted molar refractivity (Wildman–Crippen MR) is 109 cm³/mol. The van der Waals surface area contributed by atoms with Crippen molar-refractivity contribution < 1.29 is 4.39 Å². The van der Waals surface area contributed by atoms with E-state index in [1.54, 1.807) is 26.1 Å². The number of nitrogens with one attached hydrogen (secondary N) is 2. The quantitative estimate of drug-likeness (QED) is 0.534. The molecular formula is C21H26FN5. The SMILES string of the molecule is CN=C(NCCn1c(C)nc2ccccc21)NC(C)c1ccc(C)c(F)c1. The standard InChI is InChI=1S/C21H26FN5/c1-14-9-10-17(13-18(14)22)15(2)25-21(23-4)24-11-12-27-16(3)26-19-7-5-6-8-20(19)27/h5-10,13,15H,11-12H2,1-4H3,(H2,23,24,25). The highest BCUT2D eigenvalue weighted by Crippen LogP contribution is 2.16. The van der Waals surface area contributed by atoms with Gasteiger partial charge in [-0.25, -0.2) is 9.37 Å². The van der Waals surface area contributed by atoms with Crippen molar-refractivity contribution >= 4 is 17.0 Å². The van der Waals surface area contributed by atoms with E-state index in [0.29, 0.717) is 18.1 Å². The zero-order valence-corrected chi connectivity index (χ0v) is 16.3. The van der Waals surface area contributed by atoms with Crippen LogP contribution in [0.25, 0.3) is 11.0 Å². The Hall–Kier alpha value is -2.89. The fourth-order valence-electron chi connectivity index (χ4n) is 3.13. The van der Waals surface area contributed by atoms with E-state index in [9.17, 15) is 4.39 Å². The number of halogens is 1. The van der Waals surface area contributed by atoms with Crippen LogP contribution < -0.4 is 10.6 Å². The van der Waals surface area contributed by atoms with Crippen LogP contribution in [-0.2, 0) is 6.54 Å². The first-order valence-corrected chi connectivity index (χ1v) is 9.14. The Balaban J connectivity index is 1.60. The molecule has 27 heavy (non-hydrogen) atoms. The average Bonchev–Trinajstić information content (AvgIpc) is 2.98. The average molecular weight is 367 g/mol. The first-order valence-electron chi connectivity index (χ1n) is 9.14. The highest BCUT2D eigenvalue weighted by Gasteiger charge is 2.10. The third-order valence-electron chi connectivity index (χ3n) is 4.75. The summed E-state index contributed by atoms with van der Waals surface area (Å²) >= 11 is 0.